The van der Waals surface area contributed by atoms with Crippen LogP contribution < -0.4 is 14.4 Å². The molecular weight excluding hydrogens is 592 g/mol. The summed E-state index contributed by atoms with van der Waals surface area (Å²) < 4.78 is 11.1. The maximum absolute atomic E-state index is 14.2. The van der Waals surface area contributed by atoms with Gasteiger partial charge in [-0.3, -0.25) is 14.4 Å². The van der Waals surface area contributed by atoms with Crippen molar-refractivity contribution in [3.05, 3.63) is 126 Å². The van der Waals surface area contributed by atoms with Crippen LogP contribution in [0.2, 0.25) is 0 Å². The quantitative estimate of drug-likeness (QED) is 0.146. The van der Waals surface area contributed by atoms with E-state index in [1.807, 2.05) is 97.9 Å². The number of ether oxygens (including phenoxy) is 2. The minimum atomic E-state index is -0.994. The predicted octanol–water partition coefficient (Wildman–Crippen LogP) is 7.35. The number of hydrogen-bond acceptors (Lipinski definition) is 5. The molecule has 0 aromatic heterocycles. The van der Waals surface area contributed by atoms with Gasteiger partial charge in [0.05, 0.1) is 25.8 Å². The largest absolute Gasteiger partial charge is 0.493 e. The number of fused-ring (bicyclic) bond motifs is 1. The fraction of sp³-hybridized carbons (Fsp3) is 0.205. The summed E-state index contributed by atoms with van der Waals surface area (Å²) in [7, 11) is 3.33. The molecule has 240 valence electrons. The Bertz CT molecular complexity index is 1900. The summed E-state index contributed by atoms with van der Waals surface area (Å²) in [5, 5.41) is 11.5. The van der Waals surface area contributed by atoms with Crippen molar-refractivity contribution in [2.24, 2.45) is 0 Å². The van der Waals surface area contributed by atoms with Crippen molar-refractivity contribution in [3.8, 4) is 22.6 Å². The fourth-order valence-electron chi connectivity index (χ4n) is 5.72. The van der Waals surface area contributed by atoms with Crippen LogP contribution in [0, 0.1) is 0 Å². The normalized spacial score (nSPS) is 10.8. The number of methoxy groups -OCH3 is 1. The zero-order chi connectivity index (χ0) is 33.3. The SMILES string of the molecule is CCOc1cc(CCN(CCC(=O)O)C(=O)c2ccccc2-c2ccccc2C(=O)N(C)c2cccc3ccccc23)ccc1OC. The summed E-state index contributed by atoms with van der Waals surface area (Å²) in [4.78, 5) is 43.1. The summed E-state index contributed by atoms with van der Waals surface area (Å²) >= 11 is 0. The van der Waals surface area contributed by atoms with Crippen LogP contribution >= 0.6 is 0 Å². The molecule has 5 aromatic rings. The second kappa shape index (κ2) is 15.1. The lowest BCUT2D eigenvalue weighted by Gasteiger charge is -2.25. The van der Waals surface area contributed by atoms with Gasteiger partial charge in [0, 0.05) is 36.7 Å². The number of carboxylic acids is 1. The predicted molar refractivity (Wildman–Crippen MR) is 185 cm³/mol. The molecule has 0 fully saturated rings. The van der Waals surface area contributed by atoms with E-state index in [0.717, 1.165) is 22.0 Å². The standard InChI is InChI=1S/C39H38N2O6/c1-4-47-36-26-27(20-21-35(36)46-3)22-24-41(25-23-37(42)43)39(45)33-18-10-8-16-31(33)30-15-7-9-17-32(30)38(44)40(2)34-19-11-13-28-12-5-6-14-29(28)34/h5-21,26H,4,22-25H2,1-3H3,(H,42,43). The van der Waals surface area contributed by atoms with Crippen LogP contribution in [-0.2, 0) is 11.2 Å². The highest BCUT2D eigenvalue weighted by molar-refractivity contribution is 6.14. The van der Waals surface area contributed by atoms with Gasteiger partial charge >= 0.3 is 5.97 Å². The van der Waals surface area contributed by atoms with Crippen molar-refractivity contribution in [1.82, 2.24) is 4.90 Å². The third kappa shape index (κ3) is 7.44. The summed E-state index contributed by atoms with van der Waals surface area (Å²) in [6.45, 7) is 2.68. The molecule has 8 heteroatoms. The molecule has 8 nitrogen and oxygen atoms in total. The van der Waals surface area contributed by atoms with Crippen LogP contribution in [0.15, 0.2) is 109 Å². The van der Waals surface area contributed by atoms with Crippen molar-refractivity contribution < 1.29 is 29.0 Å². The summed E-state index contributed by atoms with van der Waals surface area (Å²) in [5.74, 6) is -0.304. The molecule has 0 atom stereocenters. The number of carbonyl (C=O) groups is 3. The minimum Gasteiger partial charge on any atom is -0.493 e. The van der Waals surface area contributed by atoms with Crippen LogP contribution in [0.1, 0.15) is 39.6 Å². The molecule has 2 amide bonds. The Kier molecular flexibility index (Phi) is 10.5. The van der Waals surface area contributed by atoms with Gasteiger partial charge in [-0.25, -0.2) is 0 Å². The number of nitrogens with zero attached hydrogens (tertiary/aromatic N) is 2. The number of rotatable bonds is 13. The van der Waals surface area contributed by atoms with Crippen molar-refractivity contribution in [2.75, 3.05) is 38.8 Å². The van der Waals surface area contributed by atoms with Crippen LogP contribution in [0.3, 0.4) is 0 Å². The van der Waals surface area contributed by atoms with Gasteiger partial charge in [-0.1, -0.05) is 78.9 Å². The average molecular weight is 631 g/mol. The van der Waals surface area contributed by atoms with Gasteiger partial charge in [0.2, 0.25) is 0 Å². The molecule has 47 heavy (non-hydrogen) atoms. The monoisotopic (exact) mass is 630 g/mol. The third-order valence-corrected chi connectivity index (χ3v) is 8.12. The molecule has 5 rings (SSSR count). The molecule has 1 N–H and O–H groups in total. The van der Waals surface area contributed by atoms with E-state index >= 15 is 0 Å². The van der Waals surface area contributed by atoms with Gasteiger partial charge in [-0.2, -0.15) is 0 Å². The van der Waals surface area contributed by atoms with E-state index in [4.69, 9.17) is 9.47 Å². The Balaban J connectivity index is 1.47. The Morgan fingerprint density at radius 1 is 0.723 bits per heavy atom. The highest BCUT2D eigenvalue weighted by atomic mass is 16.5. The smallest absolute Gasteiger partial charge is 0.305 e. The van der Waals surface area contributed by atoms with Gasteiger partial charge in [0.25, 0.3) is 11.8 Å². The van der Waals surface area contributed by atoms with E-state index in [0.29, 0.717) is 46.8 Å². The van der Waals surface area contributed by atoms with E-state index in [9.17, 15) is 19.5 Å². The second-order valence-electron chi connectivity index (χ2n) is 11.1. The molecule has 0 unspecified atom stereocenters. The lowest BCUT2D eigenvalue weighted by Crippen LogP contribution is -2.35. The van der Waals surface area contributed by atoms with Crippen LogP contribution in [-0.4, -0.2) is 61.6 Å². The van der Waals surface area contributed by atoms with Gasteiger partial charge in [0.1, 0.15) is 0 Å². The Morgan fingerprint density at radius 3 is 2.04 bits per heavy atom. The van der Waals surface area contributed by atoms with Crippen LogP contribution in [0.25, 0.3) is 21.9 Å². The number of anilines is 1. The van der Waals surface area contributed by atoms with Gasteiger partial charge in [-0.15, -0.1) is 0 Å². The first-order valence-corrected chi connectivity index (χ1v) is 15.6. The number of hydrogen-bond donors (Lipinski definition) is 1. The lowest BCUT2D eigenvalue weighted by molar-refractivity contribution is -0.137. The Labute approximate surface area is 274 Å². The second-order valence-corrected chi connectivity index (χ2v) is 11.1. The molecule has 5 aromatic carbocycles. The number of benzene rings is 5. The average Bonchev–Trinajstić information content (AvgIpc) is 3.10. The minimum absolute atomic E-state index is 0.0291. The molecule has 0 aliphatic rings. The molecular formula is C39H38N2O6. The highest BCUT2D eigenvalue weighted by Crippen LogP contribution is 2.33. The highest BCUT2D eigenvalue weighted by Gasteiger charge is 2.24. The number of carbonyl (C=O) groups excluding carboxylic acids is 2. The zero-order valence-corrected chi connectivity index (χ0v) is 26.8. The van der Waals surface area contributed by atoms with Crippen molar-refractivity contribution in [3.63, 3.8) is 0 Å². The molecule has 0 saturated heterocycles. The first kappa shape index (κ1) is 32.8. The maximum Gasteiger partial charge on any atom is 0.305 e. The van der Waals surface area contributed by atoms with Crippen molar-refractivity contribution in [2.45, 2.75) is 19.8 Å². The topological polar surface area (TPSA) is 96.4 Å². The number of aliphatic carboxylic acids is 1. The summed E-state index contributed by atoms with van der Waals surface area (Å²) in [6, 6.07) is 33.8. The van der Waals surface area contributed by atoms with Crippen molar-refractivity contribution in [1.29, 1.82) is 0 Å². The van der Waals surface area contributed by atoms with Crippen molar-refractivity contribution >= 4 is 34.2 Å². The maximum atomic E-state index is 14.2. The summed E-state index contributed by atoms with van der Waals surface area (Å²) in [6.07, 6.45) is 0.272. The van der Waals surface area contributed by atoms with Crippen LogP contribution in [0.4, 0.5) is 5.69 Å². The van der Waals surface area contributed by atoms with E-state index in [-0.39, 0.29) is 31.3 Å². The fourth-order valence-corrected chi connectivity index (χ4v) is 5.72. The molecule has 0 aliphatic carbocycles. The molecule has 0 saturated carbocycles. The Hall–Kier alpha value is -5.63. The first-order chi connectivity index (χ1) is 22.8. The first-order valence-electron chi connectivity index (χ1n) is 15.6. The van der Waals surface area contributed by atoms with Crippen LogP contribution in [0.5, 0.6) is 11.5 Å². The van der Waals surface area contributed by atoms with E-state index in [2.05, 4.69) is 0 Å². The third-order valence-electron chi connectivity index (χ3n) is 8.12. The molecule has 0 bridgehead atoms. The van der Waals surface area contributed by atoms with Gasteiger partial charge in [-0.05, 0) is 65.8 Å². The number of amides is 2. The zero-order valence-electron chi connectivity index (χ0n) is 26.8. The summed E-state index contributed by atoms with van der Waals surface area (Å²) in [5.41, 5.74) is 3.73. The molecule has 0 spiro atoms. The molecule has 0 radical (unpaired) electrons. The molecule has 0 heterocycles. The van der Waals surface area contributed by atoms with Gasteiger partial charge in [0.15, 0.2) is 11.5 Å². The lowest BCUT2D eigenvalue weighted by atomic mass is 9.93. The Morgan fingerprint density at radius 2 is 1.36 bits per heavy atom. The van der Waals surface area contributed by atoms with E-state index in [1.54, 1.807) is 42.2 Å². The van der Waals surface area contributed by atoms with Gasteiger partial charge < -0.3 is 24.4 Å². The molecule has 0 aliphatic heterocycles. The van der Waals surface area contributed by atoms with E-state index in [1.165, 1.54) is 0 Å². The van der Waals surface area contributed by atoms with E-state index < -0.39 is 5.97 Å². The number of carboxylic acid groups (broad SMARTS) is 1.